The first-order valence-corrected chi connectivity index (χ1v) is 7.12. The first kappa shape index (κ1) is 12.4. The minimum Gasteiger partial charge on any atom is -0.391 e. The van der Waals surface area contributed by atoms with E-state index in [-0.39, 0.29) is 6.10 Å². The predicted octanol–water partition coefficient (Wildman–Crippen LogP) is 2.80. The van der Waals surface area contributed by atoms with Crippen LogP contribution in [-0.4, -0.2) is 35.2 Å². The van der Waals surface area contributed by atoms with Crippen molar-refractivity contribution in [2.75, 3.05) is 7.05 Å². The highest BCUT2D eigenvalue weighted by molar-refractivity contribution is 4.90. The van der Waals surface area contributed by atoms with E-state index < -0.39 is 0 Å². The lowest BCUT2D eigenvalue weighted by molar-refractivity contribution is -0.0197. The fourth-order valence-corrected chi connectivity index (χ4v) is 3.39. The van der Waals surface area contributed by atoms with Crippen LogP contribution in [0.1, 0.15) is 58.3 Å². The first-order valence-electron chi connectivity index (χ1n) is 7.12. The van der Waals surface area contributed by atoms with Crippen LogP contribution in [-0.2, 0) is 0 Å². The van der Waals surface area contributed by atoms with E-state index in [0.29, 0.717) is 6.04 Å². The zero-order valence-electron chi connectivity index (χ0n) is 10.9. The average molecular weight is 225 g/mol. The lowest BCUT2D eigenvalue weighted by Crippen LogP contribution is -2.51. The Morgan fingerprint density at radius 1 is 1.19 bits per heavy atom. The molecule has 2 rings (SSSR count). The molecule has 2 fully saturated rings. The molecule has 2 heteroatoms. The smallest absolute Gasteiger partial charge is 0.0695 e. The van der Waals surface area contributed by atoms with Gasteiger partial charge in [0, 0.05) is 12.1 Å². The van der Waals surface area contributed by atoms with Gasteiger partial charge in [-0.2, -0.15) is 0 Å². The third-order valence-electron chi connectivity index (χ3n) is 4.76. The first-order chi connectivity index (χ1) is 7.72. The maximum Gasteiger partial charge on any atom is 0.0695 e. The number of hydrogen-bond donors (Lipinski definition) is 1. The number of nitrogens with zero attached hydrogens (tertiary/aromatic N) is 1. The molecule has 0 amide bonds. The zero-order chi connectivity index (χ0) is 11.5. The highest BCUT2D eigenvalue weighted by Crippen LogP contribution is 2.34. The number of hydrogen-bond acceptors (Lipinski definition) is 2. The van der Waals surface area contributed by atoms with E-state index in [1.165, 1.54) is 44.9 Å². The van der Waals surface area contributed by atoms with Crippen molar-refractivity contribution in [3.8, 4) is 0 Å². The molecule has 3 unspecified atom stereocenters. The van der Waals surface area contributed by atoms with Gasteiger partial charge in [0.1, 0.15) is 0 Å². The Balaban J connectivity index is 1.89. The van der Waals surface area contributed by atoms with Gasteiger partial charge in [-0.3, -0.25) is 4.90 Å². The summed E-state index contributed by atoms with van der Waals surface area (Å²) in [7, 11) is 2.23. The molecular formula is C14H27NO. The van der Waals surface area contributed by atoms with Crippen molar-refractivity contribution < 1.29 is 5.11 Å². The maximum atomic E-state index is 10.2. The lowest BCUT2D eigenvalue weighted by Gasteiger charge is -2.45. The van der Waals surface area contributed by atoms with Gasteiger partial charge in [0.05, 0.1) is 6.10 Å². The summed E-state index contributed by atoms with van der Waals surface area (Å²) in [5.74, 6) is 0.862. The van der Waals surface area contributed by atoms with Gasteiger partial charge in [-0.25, -0.2) is 0 Å². The minimum atomic E-state index is -0.0706. The number of aliphatic hydroxyl groups is 1. The predicted molar refractivity (Wildman–Crippen MR) is 67.4 cm³/mol. The minimum absolute atomic E-state index is 0.0706. The molecule has 0 bridgehead atoms. The van der Waals surface area contributed by atoms with Gasteiger partial charge in [-0.15, -0.1) is 0 Å². The normalized spacial score (nSPS) is 36.4. The highest BCUT2D eigenvalue weighted by atomic mass is 16.3. The second kappa shape index (κ2) is 5.50. The lowest BCUT2D eigenvalue weighted by atomic mass is 9.79. The molecule has 0 aromatic rings. The van der Waals surface area contributed by atoms with Gasteiger partial charge in [0.25, 0.3) is 0 Å². The van der Waals surface area contributed by atoms with Crippen molar-refractivity contribution in [1.29, 1.82) is 0 Å². The van der Waals surface area contributed by atoms with Crippen molar-refractivity contribution in [3.63, 3.8) is 0 Å². The average Bonchev–Trinajstić information content (AvgIpc) is 2.18. The molecule has 0 aromatic carbocycles. The standard InChI is InChI=1S/C14H27NO/c1-3-5-11-8-9-14(16)13(10-11)15(2)12-6-4-7-12/h11-14,16H,3-10H2,1-2H3. The molecule has 0 radical (unpaired) electrons. The summed E-state index contributed by atoms with van der Waals surface area (Å²) in [6.45, 7) is 2.27. The van der Waals surface area contributed by atoms with Crippen LogP contribution in [0, 0.1) is 5.92 Å². The van der Waals surface area contributed by atoms with Crippen LogP contribution < -0.4 is 0 Å². The SMILES string of the molecule is CCCC1CCC(O)C(N(C)C2CCC2)C1. The number of aliphatic hydroxyl groups excluding tert-OH is 1. The van der Waals surface area contributed by atoms with E-state index >= 15 is 0 Å². The molecule has 2 aliphatic carbocycles. The summed E-state index contributed by atoms with van der Waals surface area (Å²) in [5, 5.41) is 10.2. The summed E-state index contributed by atoms with van der Waals surface area (Å²) in [6.07, 6.45) is 10.1. The molecule has 2 nitrogen and oxygen atoms in total. The molecule has 3 atom stereocenters. The van der Waals surface area contributed by atoms with Crippen LogP contribution in [0.2, 0.25) is 0 Å². The van der Waals surface area contributed by atoms with Crippen LogP contribution in [0.5, 0.6) is 0 Å². The van der Waals surface area contributed by atoms with E-state index in [1.54, 1.807) is 0 Å². The molecule has 1 N–H and O–H groups in total. The molecule has 0 aliphatic heterocycles. The molecule has 0 saturated heterocycles. The Hall–Kier alpha value is -0.0800. The summed E-state index contributed by atoms with van der Waals surface area (Å²) >= 11 is 0. The fraction of sp³-hybridized carbons (Fsp3) is 1.00. The molecule has 2 aliphatic rings. The van der Waals surface area contributed by atoms with E-state index in [4.69, 9.17) is 0 Å². The van der Waals surface area contributed by atoms with Gasteiger partial charge in [0.2, 0.25) is 0 Å². The Kier molecular flexibility index (Phi) is 4.26. The van der Waals surface area contributed by atoms with Crippen LogP contribution in [0.3, 0.4) is 0 Å². The molecular weight excluding hydrogens is 198 g/mol. The topological polar surface area (TPSA) is 23.5 Å². The quantitative estimate of drug-likeness (QED) is 0.795. The number of rotatable bonds is 4. The van der Waals surface area contributed by atoms with E-state index in [1.807, 2.05) is 0 Å². The zero-order valence-corrected chi connectivity index (χ0v) is 10.9. The van der Waals surface area contributed by atoms with Crippen molar-refractivity contribution >= 4 is 0 Å². The Morgan fingerprint density at radius 2 is 1.94 bits per heavy atom. The molecule has 0 heterocycles. The fourth-order valence-electron chi connectivity index (χ4n) is 3.39. The third kappa shape index (κ3) is 2.60. The van der Waals surface area contributed by atoms with Crippen molar-refractivity contribution in [3.05, 3.63) is 0 Å². The monoisotopic (exact) mass is 225 g/mol. The second-order valence-corrected chi connectivity index (χ2v) is 5.85. The van der Waals surface area contributed by atoms with E-state index in [9.17, 15) is 5.11 Å². The van der Waals surface area contributed by atoms with E-state index in [0.717, 1.165) is 18.4 Å². The summed E-state index contributed by atoms with van der Waals surface area (Å²) in [6, 6.07) is 1.20. The van der Waals surface area contributed by atoms with Crippen LogP contribution in [0.4, 0.5) is 0 Å². The molecule has 0 spiro atoms. The van der Waals surface area contributed by atoms with Gasteiger partial charge in [0.15, 0.2) is 0 Å². The highest BCUT2D eigenvalue weighted by Gasteiger charge is 2.35. The van der Waals surface area contributed by atoms with Crippen molar-refractivity contribution in [2.24, 2.45) is 5.92 Å². The molecule has 94 valence electrons. The van der Waals surface area contributed by atoms with Gasteiger partial charge >= 0.3 is 0 Å². The van der Waals surface area contributed by atoms with E-state index in [2.05, 4.69) is 18.9 Å². The second-order valence-electron chi connectivity index (χ2n) is 5.85. The molecule has 16 heavy (non-hydrogen) atoms. The molecule has 2 saturated carbocycles. The Labute approximate surface area is 100 Å². The van der Waals surface area contributed by atoms with Crippen molar-refractivity contribution in [2.45, 2.75) is 76.5 Å². The van der Waals surface area contributed by atoms with Crippen molar-refractivity contribution in [1.82, 2.24) is 4.90 Å². The van der Waals surface area contributed by atoms with Gasteiger partial charge < -0.3 is 5.11 Å². The van der Waals surface area contributed by atoms with Crippen LogP contribution in [0.25, 0.3) is 0 Å². The summed E-state index contributed by atoms with van der Waals surface area (Å²) in [4.78, 5) is 2.48. The van der Waals surface area contributed by atoms with Crippen LogP contribution >= 0.6 is 0 Å². The largest absolute Gasteiger partial charge is 0.391 e. The van der Waals surface area contributed by atoms with Gasteiger partial charge in [-0.1, -0.05) is 26.2 Å². The van der Waals surface area contributed by atoms with Gasteiger partial charge in [-0.05, 0) is 45.1 Å². The molecule has 0 aromatic heterocycles. The summed E-state index contributed by atoms with van der Waals surface area (Å²) < 4.78 is 0. The Morgan fingerprint density at radius 3 is 2.50 bits per heavy atom. The van der Waals surface area contributed by atoms with Crippen LogP contribution in [0.15, 0.2) is 0 Å². The summed E-state index contributed by atoms with van der Waals surface area (Å²) in [5.41, 5.74) is 0. The number of likely N-dealkylation sites (N-methyl/N-ethyl adjacent to an activating group) is 1. The maximum absolute atomic E-state index is 10.2. The third-order valence-corrected chi connectivity index (χ3v) is 4.76. The Bertz CT molecular complexity index is 215.